The summed E-state index contributed by atoms with van der Waals surface area (Å²) in [4.78, 5) is 19.7. The summed E-state index contributed by atoms with van der Waals surface area (Å²) in [6.07, 6.45) is 0. The van der Waals surface area contributed by atoms with Crippen LogP contribution in [0.5, 0.6) is 0 Å². The zero-order chi connectivity index (χ0) is 37.0. The Labute approximate surface area is 321 Å². The molecule has 0 unspecified atom stereocenters. The summed E-state index contributed by atoms with van der Waals surface area (Å²) in [6.45, 7) is 0. The Bertz CT molecular complexity index is 3170. The fourth-order valence-corrected chi connectivity index (χ4v) is 7.62. The van der Waals surface area contributed by atoms with Gasteiger partial charge in [0.05, 0.1) is 0 Å². The third-order valence-electron chi connectivity index (χ3n) is 10.4. The Kier molecular flexibility index (Phi) is 7.38. The van der Waals surface area contributed by atoms with Gasteiger partial charge < -0.3 is 8.83 Å². The molecule has 0 amide bonds. The van der Waals surface area contributed by atoms with Crippen LogP contribution in [0.15, 0.2) is 191 Å². The van der Waals surface area contributed by atoms with Gasteiger partial charge in [0, 0.05) is 33.0 Å². The van der Waals surface area contributed by atoms with Gasteiger partial charge in [0.15, 0.2) is 28.6 Å². The van der Waals surface area contributed by atoms with E-state index in [0.717, 1.165) is 82.7 Å². The number of hydrogen-bond acceptors (Lipinski definition) is 6. The van der Waals surface area contributed by atoms with Crippen LogP contribution < -0.4 is 0 Å². The number of aromatic nitrogens is 4. The van der Waals surface area contributed by atoms with Crippen molar-refractivity contribution in [2.75, 3.05) is 0 Å². The van der Waals surface area contributed by atoms with Crippen LogP contribution in [0.1, 0.15) is 0 Å². The highest BCUT2D eigenvalue weighted by Gasteiger charge is 2.18. The van der Waals surface area contributed by atoms with Crippen LogP contribution in [0, 0.1) is 0 Å². The molecule has 0 saturated heterocycles. The topological polar surface area (TPSA) is 77.8 Å². The molecule has 56 heavy (non-hydrogen) atoms. The van der Waals surface area contributed by atoms with E-state index in [1.54, 1.807) is 0 Å². The van der Waals surface area contributed by atoms with E-state index in [-0.39, 0.29) is 0 Å². The normalized spacial score (nSPS) is 11.6. The zero-order valence-corrected chi connectivity index (χ0v) is 29.9. The third kappa shape index (κ3) is 5.43. The molecule has 0 radical (unpaired) electrons. The molecule has 0 aliphatic rings. The maximum Gasteiger partial charge on any atom is 0.227 e. The molecule has 262 valence electrons. The fraction of sp³-hybridized carbons (Fsp3) is 0. The Morgan fingerprint density at radius 2 is 0.804 bits per heavy atom. The summed E-state index contributed by atoms with van der Waals surface area (Å²) >= 11 is 0. The summed E-state index contributed by atoms with van der Waals surface area (Å²) in [5.41, 5.74) is 11.2. The molecule has 8 aromatic carbocycles. The van der Waals surface area contributed by atoms with Gasteiger partial charge in [0.2, 0.25) is 5.89 Å². The summed E-state index contributed by atoms with van der Waals surface area (Å²) in [7, 11) is 0. The molecule has 11 aromatic rings. The molecule has 11 rings (SSSR count). The van der Waals surface area contributed by atoms with E-state index in [0.29, 0.717) is 28.9 Å². The number of nitrogens with zero attached hydrogens (tertiary/aromatic N) is 4. The highest BCUT2D eigenvalue weighted by molar-refractivity contribution is 6.13. The first-order valence-corrected chi connectivity index (χ1v) is 18.5. The smallest absolute Gasteiger partial charge is 0.227 e. The average molecular weight is 719 g/mol. The van der Waals surface area contributed by atoms with Crippen LogP contribution in [0.4, 0.5) is 0 Å². The number of fused-ring (bicyclic) bond motifs is 6. The SMILES string of the molecule is c1ccc(-c2nc(-c3ccccc3)nc(-c3ccc(-c4ccc(-c5ccc(-c6nc7ccc8c9ccccc9oc8c7o6)cc5)cc4)c4ccccc34)n2)cc1. The van der Waals surface area contributed by atoms with E-state index < -0.39 is 0 Å². The largest absolute Gasteiger partial charge is 0.452 e. The molecular weight excluding hydrogens is 689 g/mol. The van der Waals surface area contributed by atoms with Crippen LogP contribution >= 0.6 is 0 Å². The average Bonchev–Trinajstić information content (AvgIpc) is 3.89. The van der Waals surface area contributed by atoms with Crippen LogP contribution in [0.3, 0.4) is 0 Å². The lowest BCUT2D eigenvalue weighted by Crippen LogP contribution is -2.00. The molecule has 0 spiro atoms. The predicted octanol–water partition coefficient (Wildman–Crippen LogP) is 13.1. The van der Waals surface area contributed by atoms with Crippen LogP contribution in [-0.4, -0.2) is 19.9 Å². The summed E-state index contributed by atoms with van der Waals surface area (Å²) in [5.74, 6) is 2.49. The van der Waals surface area contributed by atoms with E-state index in [2.05, 4.69) is 97.1 Å². The van der Waals surface area contributed by atoms with Crippen molar-refractivity contribution in [1.29, 1.82) is 0 Å². The van der Waals surface area contributed by atoms with Gasteiger partial charge in [-0.3, -0.25) is 0 Å². The third-order valence-corrected chi connectivity index (χ3v) is 10.4. The van der Waals surface area contributed by atoms with Crippen molar-refractivity contribution in [2.45, 2.75) is 0 Å². The van der Waals surface area contributed by atoms with Crippen LogP contribution in [0.25, 0.3) is 112 Å². The van der Waals surface area contributed by atoms with E-state index in [4.69, 9.17) is 28.8 Å². The van der Waals surface area contributed by atoms with Crippen LogP contribution in [-0.2, 0) is 0 Å². The molecule has 6 heteroatoms. The second-order valence-corrected chi connectivity index (χ2v) is 13.8. The second-order valence-electron chi connectivity index (χ2n) is 13.8. The first-order valence-electron chi connectivity index (χ1n) is 18.5. The van der Waals surface area contributed by atoms with Gasteiger partial charge in [0.25, 0.3) is 0 Å². The minimum absolute atomic E-state index is 0.565. The minimum atomic E-state index is 0.565. The van der Waals surface area contributed by atoms with Gasteiger partial charge in [-0.1, -0.05) is 146 Å². The van der Waals surface area contributed by atoms with E-state index in [1.807, 2.05) is 84.9 Å². The maximum absolute atomic E-state index is 6.32. The van der Waals surface area contributed by atoms with E-state index in [1.165, 1.54) is 0 Å². The van der Waals surface area contributed by atoms with Crippen molar-refractivity contribution in [2.24, 2.45) is 0 Å². The number of furan rings is 1. The Hall–Kier alpha value is -7.70. The lowest BCUT2D eigenvalue weighted by Gasteiger charge is -2.13. The minimum Gasteiger partial charge on any atom is -0.452 e. The number of para-hydroxylation sites is 1. The number of oxazole rings is 1. The van der Waals surface area contributed by atoms with Gasteiger partial charge in [-0.05, 0) is 69.4 Å². The molecule has 3 aromatic heterocycles. The fourth-order valence-electron chi connectivity index (χ4n) is 7.62. The molecule has 0 aliphatic carbocycles. The zero-order valence-electron chi connectivity index (χ0n) is 29.9. The van der Waals surface area contributed by atoms with Gasteiger partial charge in [-0.2, -0.15) is 0 Å². The Morgan fingerprint density at radius 1 is 0.286 bits per heavy atom. The number of rotatable bonds is 6. The van der Waals surface area contributed by atoms with Gasteiger partial charge in [-0.15, -0.1) is 0 Å². The Balaban J connectivity index is 0.916. The van der Waals surface area contributed by atoms with Crippen molar-refractivity contribution >= 4 is 43.8 Å². The molecule has 0 atom stereocenters. The molecule has 0 N–H and O–H groups in total. The number of benzene rings is 8. The molecule has 3 heterocycles. The van der Waals surface area contributed by atoms with Gasteiger partial charge in [0.1, 0.15) is 11.1 Å². The van der Waals surface area contributed by atoms with Crippen molar-refractivity contribution in [3.8, 4) is 67.9 Å². The van der Waals surface area contributed by atoms with E-state index >= 15 is 0 Å². The molecule has 0 saturated carbocycles. The maximum atomic E-state index is 6.32. The van der Waals surface area contributed by atoms with Gasteiger partial charge in [-0.25, -0.2) is 19.9 Å². The standard InChI is InChI=1S/C50H30N4O2/c1-3-11-34(12-4-1)47-52-48(35-13-5-2-6-14-35)54-49(53-47)42-28-27-37(38-15-7-8-16-39(38)42)33-23-19-31(20-24-33)32-21-25-36(26-22-32)50-51-43-30-29-41-40-17-9-10-18-44(40)55-45(41)46(43)56-50/h1-30H. The summed E-state index contributed by atoms with van der Waals surface area (Å²) in [5, 5.41) is 4.30. The highest BCUT2D eigenvalue weighted by atomic mass is 16.4. The van der Waals surface area contributed by atoms with Crippen molar-refractivity contribution in [1.82, 2.24) is 19.9 Å². The van der Waals surface area contributed by atoms with Gasteiger partial charge >= 0.3 is 0 Å². The van der Waals surface area contributed by atoms with Crippen LogP contribution in [0.2, 0.25) is 0 Å². The Morgan fingerprint density at radius 3 is 1.46 bits per heavy atom. The lowest BCUT2D eigenvalue weighted by atomic mass is 9.93. The molecule has 0 bridgehead atoms. The lowest BCUT2D eigenvalue weighted by molar-refractivity contribution is 0.603. The number of hydrogen-bond donors (Lipinski definition) is 0. The van der Waals surface area contributed by atoms with Crippen molar-refractivity contribution in [3.05, 3.63) is 182 Å². The predicted molar refractivity (Wildman–Crippen MR) is 225 cm³/mol. The van der Waals surface area contributed by atoms with Crippen molar-refractivity contribution < 1.29 is 8.83 Å². The quantitative estimate of drug-likeness (QED) is 0.170. The monoisotopic (exact) mass is 718 g/mol. The first kappa shape index (κ1) is 31.8. The second kappa shape index (κ2) is 13.0. The summed E-state index contributed by atoms with van der Waals surface area (Å²) < 4.78 is 12.5. The molecule has 0 aliphatic heterocycles. The molecule has 6 nitrogen and oxygen atoms in total. The van der Waals surface area contributed by atoms with E-state index in [9.17, 15) is 0 Å². The van der Waals surface area contributed by atoms with Crippen molar-refractivity contribution in [3.63, 3.8) is 0 Å². The highest BCUT2D eigenvalue weighted by Crippen LogP contribution is 2.38. The first-order chi connectivity index (χ1) is 27.7. The molecular formula is C50H30N4O2. The summed E-state index contributed by atoms with van der Waals surface area (Å²) in [6, 6.07) is 62.1. The molecule has 0 fully saturated rings.